The number of hydrogen-bond donors (Lipinski definition) is 0. The summed E-state index contributed by atoms with van der Waals surface area (Å²) in [4.78, 5) is 16.4. The monoisotopic (exact) mass is 442 g/mol. The smallest absolute Gasteiger partial charge is 0.416 e. The SMILES string of the molecule is C[C@@H]1CN(Cc2ccc(F)cc2)[C@@H](C)CN1C(=O)COc1cc(C(F)(F)F)ccc1F. The van der Waals surface area contributed by atoms with Crippen LogP contribution in [0.4, 0.5) is 22.0 Å². The second-order valence-corrected chi connectivity index (χ2v) is 7.73. The summed E-state index contributed by atoms with van der Waals surface area (Å²) in [5, 5.41) is 0. The van der Waals surface area contributed by atoms with Crippen molar-refractivity contribution in [2.75, 3.05) is 19.7 Å². The lowest BCUT2D eigenvalue weighted by atomic mass is 10.1. The Kier molecular flexibility index (Phi) is 6.83. The summed E-state index contributed by atoms with van der Waals surface area (Å²) >= 11 is 0. The largest absolute Gasteiger partial charge is 0.481 e. The van der Waals surface area contributed by atoms with Crippen molar-refractivity contribution in [1.29, 1.82) is 0 Å². The highest BCUT2D eigenvalue weighted by Gasteiger charge is 2.33. The standard InChI is InChI=1S/C22H23F5N2O2/c1-14-11-29(15(2)10-28(14)12-16-3-6-18(23)7-4-16)21(30)13-31-20-9-17(22(25,26)27)5-8-19(20)24/h3-9,14-15H,10-13H2,1-2H3/t14-,15+/m0/s1. The van der Waals surface area contributed by atoms with Gasteiger partial charge in [-0.25, -0.2) is 8.78 Å². The summed E-state index contributed by atoms with van der Waals surface area (Å²) in [5.74, 6) is -2.32. The second-order valence-electron chi connectivity index (χ2n) is 7.73. The zero-order valence-corrected chi connectivity index (χ0v) is 17.1. The van der Waals surface area contributed by atoms with Crippen molar-refractivity contribution >= 4 is 5.91 Å². The third-order valence-electron chi connectivity index (χ3n) is 5.34. The first kappa shape index (κ1) is 23.0. The number of ether oxygens (including phenoxy) is 1. The Bertz CT molecular complexity index is 917. The maximum atomic E-state index is 13.8. The molecule has 168 valence electrons. The van der Waals surface area contributed by atoms with E-state index in [1.54, 1.807) is 17.0 Å². The first-order chi connectivity index (χ1) is 14.5. The molecule has 0 unspecified atom stereocenters. The topological polar surface area (TPSA) is 32.8 Å². The van der Waals surface area contributed by atoms with E-state index in [1.165, 1.54) is 12.1 Å². The fraction of sp³-hybridized carbons (Fsp3) is 0.409. The van der Waals surface area contributed by atoms with E-state index in [0.29, 0.717) is 37.8 Å². The predicted octanol–water partition coefficient (Wildman–Crippen LogP) is 4.48. The lowest BCUT2D eigenvalue weighted by molar-refractivity contribution is -0.139. The van der Waals surface area contributed by atoms with Crippen LogP contribution in [0.3, 0.4) is 0 Å². The number of piperazine rings is 1. The Morgan fingerprint density at radius 2 is 1.71 bits per heavy atom. The Morgan fingerprint density at radius 1 is 1.03 bits per heavy atom. The zero-order chi connectivity index (χ0) is 22.8. The molecule has 2 aromatic rings. The van der Waals surface area contributed by atoms with E-state index >= 15 is 0 Å². The van der Waals surface area contributed by atoms with Crippen molar-refractivity contribution in [2.24, 2.45) is 0 Å². The molecule has 3 rings (SSSR count). The molecular weight excluding hydrogens is 419 g/mol. The van der Waals surface area contributed by atoms with E-state index in [4.69, 9.17) is 4.74 Å². The molecule has 0 radical (unpaired) electrons. The van der Waals surface area contributed by atoms with Gasteiger partial charge in [-0.2, -0.15) is 13.2 Å². The minimum atomic E-state index is -4.64. The van der Waals surface area contributed by atoms with E-state index in [1.807, 2.05) is 13.8 Å². The highest BCUT2D eigenvalue weighted by molar-refractivity contribution is 5.78. The number of halogens is 5. The number of nitrogens with zero attached hydrogens (tertiary/aromatic N) is 2. The normalized spacial score (nSPS) is 20.0. The van der Waals surface area contributed by atoms with Crippen molar-refractivity contribution in [3.8, 4) is 5.75 Å². The molecule has 9 heteroatoms. The maximum absolute atomic E-state index is 13.8. The molecule has 0 N–H and O–H groups in total. The number of carbonyl (C=O) groups excluding carboxylic acids is 1. The summed E-state index contributed by atoms with van der Waals surface area (Å²) < 4.78 is 70.5. The van der Waals surface area contributed by atoms with Crippen molar-refractivity contribution in [3.05, 3.63) is 65.2 Å². The quantitative estimate of drug-likeness (QED) is 0.640. The van der Waals surface area contributed by atoms with Crippen LogP contribution in [0.2, 0.25) is 0 Å². The Morgan fingerprint density at radius 3 is 2.35 bits per heavy atom. The van der Waals surface area contributed by atoms with Gasteiger partial charge in [0.15, 0.2) is 18.2 Å². The van der Waals surface area contributed by atoms with Gasteiger partial charge >= 0.3 is 6.18 Å². The van der Waals surface area contributed by atoms with Crippen LogP contribution in [0, 0.1) is 11.6 Å². The lowest BCUT2D eigenvalue weighted by Gasteiger charge is -2.44. The molecular formula is C22H23F5N2O2. The van der Waals surface area contributed by atoms with Crippen molar-refractivity contribution in [1.82, 2.24) is 9.80 Å². The molecule has 0 spiro atoms. The third-order valence-corrected chi connectivity index (χ3v) is 5.34. The molecule has 0 aliphatic carbocycles. The molecule has 1 fully saturated rings. The third kappa shape index (κ3) is 5.72. The van der Waals surface area contributed by atoms with Gasteiger partial charge in [0.2, 0.25) is 0 Å². The zero-order valence-electron chi connectivity index (χ0n) is 17.1. The van der Waals surface area contributed by atoms with Crippen LogP contribution in [0.5, 0.6) is 5.75 Å². The van der Waals surface area contributed by atoms with E-state index in [-0.39, 0.29) is 17.9 Å². The molecule has 4 nitrogen and oxygen atoms in total. The number of carbonyl (C=O) groups is 1. The number of hydrogen-bond acceptors (Lipinski definition) is 3. The van der Waals surface area contributed by atoms with Crippen molar-refractivity contribution in [3.63, 3.8) is 0 Å². The minimum absolute atomic E-state index is 0.00417. The Labute approximate surface area is 177 Å². The molecule has 0 bridgehead atoms. The number of benzene rings is 2. The van der Waals surface area contributed by atoms with Gasteiger partial charge in [-0.15, -0.1) is 0 Å². The Hall–Kier alpha value is -2.68. The molecule has 1 aliphatic rings. The molecule has 0 aromatic heterocycles. The lowest BCUT2D eigenvalue weighted by Crippen LogP contribution is -2.58. The minimum Gasteiger partial charge on any atom is -0.481 e. The van der Waals surface area contributed by atoms with E-state index in [2.05, 4.69) is 4.90 Å². The van der Waals surface area contributed by atoms with Gasteiger partial charge in [0.05, 0.1) is 5.56 Å². The molecule has 0 saturated carbocycles. The Balaban J connectivity index is 1.60. The summed E-state index contributed by atoms with van der Waals surface area (Å²) in [6, 6.07) is 7.87. The first-order valence-corrected chi connectivity index (χ1v) is 9.82. The molecule has 1 heterocycles. The van der Waals surface area contributed by atoms with Crippen LogP contribution in [-0.2, 0) is 17.5 Å². The average molecular weight is 442 g/mol. The van der Waals surface area contributed by atoms with Gasteiger partial charge in [0, 0.05) is 31.7 Å². The van der Waals surface area contributed by atoms with Crippen molar-refractivity contribution in [2.45, 2.75) is 38.7 Å². The van der Waals surface area contributed by atoms with Gasteiger partial charge in [-0.05, 0) is 49.7 Å². The molecule has 1 saturated heterocycles. The average Bonchev–Trinajstić information content (AvgIpc) is 2.70. The molecule has 2 atom stereocenters. The first-order valence-electron chi connectivity index (χ1n) is 9.82. The summed E-state index contributed by atoms with van der Waals surface area (Å²) in [6.07, 6.45) is -4.64. The van der Waals surface area contributed by atoms with Crippen LogP contribution in [0.15, 0.2) is 42.5 Å². The molecule has 2 aromatic carbocycles. The fourth-order valence-electron chi connectivity index (χ4n) is 3.60. The number of amides is 1. The summed E-state index contributed by atoms with van der Waals surface area (Å²) in [5.41, 5.74) is -0.101. The maximum Gasteiger partial charge on any atom is 0.416 e. The van der Waals surface area contributed by atoms with Crippen LogP contribution in [0.25, 0.3) is 0 Å². The highest BCUT2D eigenvalue weighted by Crippen LogP contribution is 2.32. The molecule has 1 amide bonds. The number of alkyl halides is 3. The van der Waals surface area contributed by atoms with Crippen LogP contribution < -0.4 is 4.74 Å². The summed E-state index contributed by atoms with van der Waals surface area (Å²) in [6.45, 7) is 4.78. The van der Waals surface area contributed by atoms with E-state index in [9.17, 15) is 26.7 Å². The van der Waals surface area contributed by atoms with Crippen molar-refractivity contribution < 1.29 is 31.5 Å². The predicted molar refractivity (Wildman–Crippen MR) is 104 cm³/mol. The molecule has 1 aliphatic heterocycles. The van der Waals surface area contributed by atoms with Crippen LogP contribution in [0.1, 0.15) is 25.0 Å². The second kappa shape index (κ2) is 9.21. The van der Waals surface area contributed by atoms with Gasteiger partial charge in [-0.1, -0.05) is 12.1 Å². The summed E-state index contributed by atoms with van der Waals surface area (Å²) in [7, 11) is 0. The van der Waals surface area contributed by atoms with Crippen LogP contribution >= 0.6 is 0 Å². The van der Waals surface area contributed by atoms with Gasteiger partial charge in [0.25, 0.3) is 5.91 Å². The van der Waals surface area contributed by atoms with Crippen LogP contribution in [-0.4, -0.2) is 47.5 Å². The van der Waals surface area contributed by atoms with Gasteiger partial charge in [-0.3, -0.25) is 9.69 Å². The fourth-order valence-corrected chi connectivity index (χ4v) is 3.60. The van der Waals surface area contributed by atoms with E-state index in [0.717, 1.165) is 5.56 Å². The van der Waals surface area contributed by atoms with E-state index < -0.39 is 35.8 Å². The highest BCUT2D eigenvalue weighted by atomic mass is 19.4. The number of rotatable bonds is 5. The molecule has 31 heavy (non-hydrogen) atoms. The van der Waals surface area contributed by atoms with Gasteiger partial charge in [0.1, 0.15) is 5.82 Å². The van der Waals surface area contributed by atoms with Gasteiger partial charge < -0.3 is 9.64 Å².